The van der Waals surface area contributed by atoms with E-state index in [1.54, 1.807) is 30.3 Å². The molecule has 2 unspecified atom stereocenters. The third-order valence-corrected chi connectivity index (χ3v) is 7.02. The summed E-state index contributed by atoms with van der Waals surface area (Å²) in [4.78, 5) is 13.0. The lowest BCUT2D eigenvalue weighted by Crippen LogP contribution is -2.25. The highest BCUT2D eigenvalue weighted by Crippen LogP contribution is 2.47. The van der Waals surface area contributed by atoms with E-state index < -0.39 is 22.3 Å². The lowest BCUT2D eigenvalue weighted by atomic mass is 9.91. The van der Waals surface area contributed by atoms with Gasteiger partial charge in [-0.2, -0.15) is 0 Å². The van der Waals surface area contributed by atoms with Crippen molar-refractivity contribution in [3.8, 4) is 5.75 Å². The van der Waals surface area contributed by atoms with E-state index in [0.717, 1.165) is 29.5 Å². The zero-order chi connectivity index (χ0) is 24.5. The number of amides is 2. The molecule has 3 rings (SSSR count). The molecule has 2 aromatic carbocycles. The molecular weight excluding hydrogens is 440 g/mol. The van der Waals surface area contributed by atoms with E-state index in [9.17, 15) is 13.4 Å². The largest absolute Gasteiger partial charge is 0.461 e. The Labute approximate surface area is 197 Å². The van der Waals surface area contributed by atoms with Crippen LogP contribution in [0.15, 0.2) is 39.6 Å². The topological polar surface area (TPSA) is 93.8 Å². The van der Waals surface area contributed by atoms with E-state index in [2.05, 4.69) is 9.68 Å². The number of hydrogen-bond acceptors (Lipinski definition) is 3. The first-order chi connectivity index (χ1) is 15.4. The van der Waals surface area contributed by atoms with Gasteiger partial charge in [-0.05, 0) is 65.5 Å². The highest BCUT2D eigenvalue weighted by Gasteiger charge is 2.30. The number of carbonyl (C=O) groups excluding carboxylic acids is 1. The third-order valence-electron chi connectivity index (χ3n) is 5.58. The van der Waals surface area contributed by atoms with Crippen molar-refractivity contribution in [2.75, 3.05) is 5.32 Å². The van der Waals surface area contributed by atoms with E-state index in [0.29, 0.717) is 11.4 Å². The number of carbonyl (C=O) groups is 1. The summed E-state index contributed by atoms with van der Waals surface area (Å²) in [6.07, 6.45) is 0.457. The van der Waals surface area contributed by atoms with Gasteiger partial charge in [0.25, 0.3) is 0 Å². The fourth-order valence-electron chi connectivity index (χ4n) is 3.73. The maximum absolute atomic E-state index is 13.5. The molecular formula is C24H31BFN3O3S. The standard InChI is InChI=1S/C24H31BFN3O3S/c1-13(2)17-8-9-22(21(25)10-17)33(27,31)29-24(30)28-23-19(14(3)4)11-18(32-15(5)26)12-20(23)16-6-7-16/h8-16H,6-7H2,1-5H3,(H3,27,28,29,30,31). The quantitative estimate of drug-likeness (QED) is 0.542. The van der Waals surface area contributed by atoms with Crippen molar-refractivity contribution in [3.63, 3.8) is 0 Å². The van der Waals surface area contributed by atoms with Crippen LogP contribution in [0.2, 0.25) is 0 Å². The molecule has 0 aromatic heterocycles. The van der Waals surface area contributed by atoms with Crippen molar-refractivity contribution in [1.29, 1.82) is 0 Å². The van der Waals surface area contributed by atoms with Crippen LogP contribution in [0.4, 0.5) is 14.9 Å². The second-order valence-electron chi connectivity index (χ2n) is 9.11. The molecule has 0 aliphatic heterocycles. The first-order valence-electron chi connectivity index (χ1n) is 11.1. The number of hydrogen-bond donors (Lipinski definition) is 2. The van der Waals surface area contributed by atoms with Crippen molar-refractivity contribution < 1.29 is 18.1 Å². The minimum absolute atomic E-state index is 0.0118. The van der Waals surface area contributed by atoms with Crippen molar-refractivity contribution in [2.45, 2.75) is 76.5 Å². The maximum Gasteiger partial charge on any atom is 0.354 e. The first-order valence-corrected chi connectivity index (χ1v) is 12.7. The summed E-state index contributed by atoms with van der Waals surface area (Å²) in [7, 11) is 2.51. The molecule has 176 valence electrons. The van der Waals surface area contributed by atoms with Gasteiger partial charge in [-0.3, -0.25) is 0 Å². The molecule has 0 spiro atoms. The number of ether oxygens (including phenoxy) is 1. The lowest BCUT2D eigenvalue weighted by molar-refractivity contribution is 0.0859. The van der Waals surface area contributed by atoms with Crippen LogP contribution in [-0.2, 0) is 9.92 Å². The molecule has 2 amide bonds. The number of urea groups is 1. The molecule has 3 N–H and O–H groups in total. The van der Waals surface area contributed by atoms with E-state index in [-0.39, 0.29) is 28.1 Å². The predicted octanol–water partition coefficient (Wildman–Crippen LogP) is 5.23. The van der Waals surface area contributed by atoms with Crippen LogP contribution in [0.25, 0.3) is 0 Å². The SMILES string of the molecule is [B]c1cc(C(C)C)ccc1S(N)(=O)=NC(=O)Nc1c(C(C)C)cc(OC(C)F)cc1C1CC1. The molecule has 0 bridgehead atoms. The first kappa shape index (κ1) is 25.2. The Morgan fingerprint density at radius 3 is 2.36 bits per heavy atom. The van der Waals surface area contributed by atoms with Crippen LogP contribution in [0.1, 0.15) is 81.9 Å². The number of nitrogens with two attached hydrogens (primary N) is 1. The van der Waals surface area contributed by atoms with E-state index in [4.69, 9.17) is 17.7 Å². The molecule has 1 fully saturated rings. The van der Waals surface area contributed by atoms with Gasteiger partial charge in [0.2, 0.25) is 6.36 Å². The van der Waals surface area contributed by atoms with Gasteiger partial charge in [-0.1, -0.05) is 45.3 Å². The summed E-state index contributed by atoms with van der Waals surface area (Å²) in [5.74, 6) is 0.889. The number of nitrogens with one attached hydrogen (secondary N) is 1. The van der Waals surface area contributed by atoms with Crippen LogP contribution < -0.4 is 20.7 Å². The fraction of sp³-hybridized carbons (Fsp3) is 0.458. The Bertz CT molecular complexity index is 1150. The smallest absolute Gasteiger partial charge is 0.354 e. The molecule has 2 atom stereocenters. The Morgan fingerprint density at radius 2 is 1.85 bits per heavy atom. The molecule has 1 saturated carbocycles. The molecule has 6 nitrogen and oxygen atoms in total. The highest BCUT2D eigenvalue weighted by atomic mass is 32.2. The zero-order valence-electron chi connectivity index (χ0n) is 19.7. The van der Waals surface area contributed by atoms with Crippen LogP contribution >= 0.6 is 0 Å². The Morgan fingerprint density at radius 1 is 1.18 bits per heavy atom. The summed E-state index contributed by atoms with van der Waals surface area (Å²) in [6.45, 7) is 9.27. The molecule has 2 radical (unpaired) electrons. The Hall–Kier alpha value is -2.39. The number of benzene rings is 2. The van der Waals surface area contributed by atoms with Gasteiger partial charge in [0.1, 0.15) is 23.5 Å². The monoisotopic (exact) mass is 471 g/mol. The number of nitrogens with zero attached hydrogens (tertiary/aromatic N) is 1. The molecule has 33 heavy (non-hydrogen) atoms. The number of alkyl halides is 1. The van der Waals surface area contributed by atoms with Gasteiger partial charge in [0.15, 0.2) is 0 Å². The van der Waals surface area contributed by atoms with Gasteiger partial charge >= 0.3 is 6.03 Å². The maximum atomic E-state index is 13.5. The van der Waals surface area contributed by atoms with E-state index in [1.165, 1.54) is 6.92 Å². The van der Waals surface area contributed by atoms with Gasteiger partial charge in [0.05, 0.1) is 4.90 Å². The average molecular weight is 471 g/mol. The normalized spacial score (nSPS) is 16.4. The van der Waals surface area contributed by atoms with Crippen LogP contribution in [0.5, 0.6) is 5.75 Å². The van der Waals surface area contributed by atoms with Crippen molar-refractivity contribution in [3.05, 3.63) is 47.0 Å². The van der Waals surface area contributed by atoms with Crippen molar-refractivity contribution >= 4 is 34.9 Å². The predicted molar refractivity (Wildman–Crippen MR) is 132 cm³/mol. The molecule has 1 aliphatic rings. The number of anilines is 1. The van der Waals surface area contributed by atoms with Crippen LogP contribution in [-0.4, -0.2) is 24.4 Å². The summed E-state index contributed by atoms with van der Waals surface area (Å²) < 4.78 is 35.7. The van der Waals surface area contributed by atoms with E-state index >= 15 is 0 Å². The van der Waals surface area contributed by atoms with Crippen LogP contribution in [0, 0.1) is 0 Å². The second kappa shape index (κ2) is 9.85. The summed E-state index contributed by atoms with van der Waals surface area (Å²) >= 11 is 0. The van der Waals surface area contributed by atoms with Gasteiger partial charge in [0, 0.05) is 12.6 Å². The van der Waals surface area contributed by atoms with Gasteiger partial charge in [-0.15, -0.1) is 4.36 Å². The second-order valence-corrected chi connectivity index (χ2v) is 10.9. The van der Waals surface area contributed by atoms with Crippen LogP contribution in [0.3, 0.4) is 0 Å². The Kier molecular flexibility index (Phi) is 7.53. The summed E-state index contributed by atoms with van der Waals surface area (Å²) in [5.41, 5.74) is 3.41. The Balaban J connectivity index is 1.98. The molecule has 1 aliphatic carbocycles. The minimum atomic E-state index is -3.56. The summed E-state index contributed by atoms with van der Waals surface area (Å²) in [5, 5.41) is 8.75. The minimum Gasteiger partial charge on any atom is -0.461 e. The third kappa shape index (κ3) is 6.15. The number of halogens is 1. The highest BCUT2D eigenvalue weighted by molar-refractivity contribution is 7.92. The van der Waals surface area contributed by atoms with Crippen molar-refractivity contribution in [2.24, 2.45) is 9.50 Å². The average Bonchev–Trinajstić information content (AvgIpc) is 3.52. The van der Waals surface area contributed by atoms with Gasteiger partial charge < -0.3 is 10.1 Å². The molecule has 0 saturated heterocycles. The molecule has 0 heterocycles. The van der Waals surface area contributed by atoms with E-state index in [1.807, 2.05) is 27.7 Å². The van der Waals surface area contributed by atoms with Gasteiger partial charge in [-0.25, -0.2) is 18.5 Å². The zero-order valence-corrected chi connectivity index (χ0v) is 20.5. The van der Waals surface area contributed by atoms with Crippen molar-refractivity contribution in [1.82, 2.24) is 0 Å². The molecule has 9 heteroatoms. The molecule has 2 aromatic rings. The lowest BCUT2D eigenvalue weighted by Gasteiger charge is -2.20. The summed E-state index contributed by atoms with van der Waals surface area (Å²) in [6, 6.07) is 7.67. The number of rotatable bonds is 7. The fourth-order valence-corrected chi connectivity index (χ4v) is 4.78.